The Balaban J connectivity index is 1.85. The van der Waals surface area contributed by atoms with Gasteiger partial charge in [0.2, 0.25) is 0 Å². The van der Waals surface area contributed by atoms with Crippen molar-refractivity contribution in [3.63, 3.8) is 0 Å². The van der Waals surface area contributed by atoms with Gasteiger partial charge in [-0.2, -0.15) is 0 Å². The van der Waals surface area contributed by atoms with Gasteiger partial charge in [-0.15, -0.1) is 0 Å². The van der Waals surface area contributed by atoms with Gasteiger partial charge in [0.05, 0.1) is 19.4 Å². The molecule has 0 N–H and O–H groups in total. The van der Waals surface area contributed by atoms with Crippen LogP contribution < -0.4 is 4.74 Å². The molecule has 1 aliphatic heterocycles. The molecule has 0 radical (unpaired) electrons. The molecule has 3 nitrogen and oxygen atoms in total. The first kappa shape index (κ1) is 11.7. The fourth-order valence-corrected chi connectivity index (χ4v) is 2.03. The fourth-order valence-electron chi connectivity index (χ4n) is 2.03. The highest BCUT2D eigenvalue weighted by Crippen LogP contribution is 2.16. The second-order valence-electron chi connectivity index (χ2n) is 4.29. The maximum absolute atomic E-state index is 5.15. The van der Waals surface area contributed by atoms with Crippen molar-refractivity contribution < 1.29 is 4.74 Å². The molecule has 1 heterocycles. The Labute approximate surface area is 112 Å². The Bertz CT molecular complexity index is 628. The smallest absolute Gasteiger partial charge is 0.155 e. The minimum absolute atomic E-state index is 0.644. The number of amidine groups is 1. The van der Waals surface area contributed by atoms with E-state index < -0.39 is 0 Å². The second-order valence-corrected chi connectivity index (χ2v) is 4.29. The van der Waals surface area contributed by atoms with Crippen LogP contribution in [0.3, 0.4) is 0 Å². The number of benzene rings is 2. The third-order valence-electron chi connectivity index (χ3n) is 3.07. The summed E-state index contributed by atoms with van der Waals surface area (Å²) in [5, 5.41) is 0. The van der Waals surface area contributed by atoms with Crippen molar-refractivity contribution >= 4 is 11.5 Å². The summed E-state index contributed by atoms with van der Waals surface area (Å²) in [7, 11) is 1.66. The van der Waals surface area contributed by atoms with Gasteiger partial charge < -0.3 is 4.74 Å². The maximum Gasteiger partial charge on any atom is 0.155 e. The van der Waals surface area contributed by atoms with Gasteiger partial charge >= 0.3 is 0 Å². The molecule has 2 aromatic rings. The Hall–Kier alpha value is -2.42. The lowest BCUT2D eigenvalue weighted by Gasteiger charge is -2.01. The van der Waals surface area contributed by atoms with Gasteiger partial charge in [-0.3, -0.25) is 4.99 Å². The summed E-state index contributed by atoms with van der Waals surface area (Å²) in [6, 6.07) is 18.0. The highest BCUT2D eigenvalue weighted by atomic mass is 16.5. The Morgan fingerprint density at radius 3 is 2.32 bits per heavy atom. The van der Waals surface area contributed by atoms with Crippen LogP contribution in [0, 0.1) is 0 Å². The number of rotatable bonds is 3. The van der Waals surface area contributed by atoms with E-state index in [0.29, 0.717) is 6.54 Å². The monoisotopic (exact) mass is 250 g/mol. The molecule has 0 aliphatic carbocycles. The van der Waals surface area contributed by atoms with Crippen molar-refractivity contribution in [2.45, 2.75) is 0 Å². The largest absolute Gasteiger partial charge is 0.497 e. The summed E-state index contributed by atoms with van der Waals surface area (Å²) in [4.78, 5) is 9.10. The van der Waals surface area contributed by atoms with Gasteiger partial charge in [0.25, 0.3) is 0 Å². The molecule has 0 bridgehead atoms. The number of ether oxygens (including phenoxy) is 1. The lowest BCUT2D eigenvalue weighted by Crippen LogP contribution is -2.01. The average molecular weight is 250 g/mol. The van der Waals surface area contributed by atoms with Gasteiger partial charge in [0.15, 0.2) is 5.84 Å². The minimum Gasteiger partial charge on any atom is -0.497 e. The van der Waals surface area contributed by atoms with Crippen LogP contribution in [-0.2, 0) is 0 Å². The molecule has 0 fully saturated rings. The van der Waals surface area contributed by atoms with E-state index in [1.807, 2.05) is 42.5 Å². The normalized spacial score (nSPS) is 13.9. The molecule has 0 atom stereocenters. The standard InChI is InChI=1S/C16H14N2O/c1-19-14-9-7-13(8-10-14)16-17-11-15(18-16)12-5-3-2-4-6-12/h2-10H,11H2,1H3. The molecule has 0 spiro atoms. The third kappa shape index (κ3) is 2.40. The van der Waals surface area contributed by atoms with Crippen molar-refractivity contribution in [3.05, 3.63) is 65.7 Å². The van der Waals surface area contributed by atoms with E-state index >= 15 is 0 Å². The molecule has 94 valence electrons. The Kier molecular flexibility index (Phi) is 3.11. The van der Waals surface area contributed by atoms with Crippen LogP contribution in [0.1, 0.15) is 11.1 Å². The zero-order valence-corrected chi connectivity index (χ0v) is 10.7. The van der Waals surface area contributed by atoms with Crippen molar-refractivity contribution in [1.82, 2.24) is 0 Å². The summed E-state index contributed by atoms with van der Waals surface area (Å²) in [6.07, 6.45) is 0. The van der Waals surface area contributed by atoms with Crippen LogP contribution in [-0.4, -0.2) is 25.2 Å². The van der Waals surface area contributed by atoms with Gasteiger partial charge in [-0.25, -0.2) is 4.99 Å². The molecule has 3 rings (SSSR count). The van der Waals surface area contributed by atoms with Crippen LogP contribution in [0.15, 0.2) is 64.6 Å². The number of methoxy groups -OCH3 is 1. The van der Waals surface area contributed by atoms with Crippen LogP contribution in [0.5, 0.6) is 5.75 Å². The zero-order chi connectivity index (χ0) is 13.1. The predicted molar refractivity (Wildman–Crippen MR) is 77.4 cm³/mol. The van der Waals surface area contributed by atoms with E-state index in [2.05, 4.69) is 22.1 Å². The van der Waals surface area contributed by atoms with E-state index in [-0.39, 0.29) is 0 Å². The van der Waals surface area contributed by atoms with E-state index in [4.69, 9.17) is 4.74 Å². The van der Waals surface area contributed by atoms with Crippen molar-refractivity contribution in [2.75, 3.05) is 13.7 Å². The lowest BCUT2D eigenvalue weighted by molar-refractivity contribution is 0.415. The summed E-state index contributed by atoms with van der Waals surface area (Å²) in [5.41, 5.74) is 3.17. The molecule has 1 aliphatic rings. The number of aliphatic imine (C=N–C) groups is 2. The molecule has 0 saturated heterocycles. The predicted octanol–water partition coefficient (Wildman–Crippen LogP) is 2.94. The third-order valence-corrected chi connectivity index (χ3v) is 3.07. The maximum atomic E-state index is 5.15. The van der Waals surface area contributed by atoms with E-state index in [9.17, 15) is 0 Å². The zero-order valence-electron chi connectivity index (χ0n) is 10.7. The molecule has 2 aromatic carbocycles. The van der Waals surface area contributed by atoms with Crippen molar-refractivity contribution in [1.29, 1.82) is 0 Å². The molecule has 3 heteroatoms. The first-order chi connectivity index (χ1) is 9.36. The van der Waals surface area contributed by atoms with Crippen LogP contribution in [0.25, 0.3) is 0 Å². The van der Waals surface area contributed by atoms with Crippen LogP contribution in [0.4, 0.5) is 0 Å². The topological polar surface area (TPSA) is 34.0 Å². The molecule has 19 heavy (non-hydrogen) atoms. The van der Waals surface area contributed by atoms with Crippen molar-refractivity contribution in [3.8, 4) is 5.75 Å². The summed E-state index contributed by atoms with van der Waals surface area (Å²) < 4.78 is 5.15. The van der Waals surface area contributed by atoms with Crippen LogP contribution >= 0.6 is 0 Å². The van der Waals surface area contributed by atoms with E-state index in [1.165, 1.54) is 0 Å². The number of nitrogens with zero attached hydrogens (tertiary/aromatic N) is 2. The molecule has 0 aromatic heterocycles. The SMILES string of the molecule is COc1ccc(C2=NCC(c3ccccc3)=N2)cc1. The number of hydrogen-bond acceptors (Lipinski definition) is 3. The minimum atomic E-state index is 0.644. The second kappa shape index (κ2) is 5.06. The van der Waals surface area contributed by atoms with Gasteiger partial charge in [-0.1, -0.05) is 30.3 Å². The highest BCUT2D eigenvalue weighted by molar-refractivity contribution is 6.17. The van der Waals surface area contributed by atoms with Crippen molar-refractivity contribution in [2.24, 2.45) is 9.98 Å². The Morgan fingerprint density at radius 1 is 0.895 bits per heavy atom. The van der Waals surface area contributed by atoms with Gasteiger partial charge in [-0.05, 0) is 29.8 Å². The van der Waals surface area contributed by atoms with Gasteiger partial charge in [0.1, 0.15) is 5.75 Å². The first-order valence-corrected chi connectivity index (χ1v) is 6.19. The summed E-state index contributed by atoms with van der Waals surface area (Å²) >= 11 is 0. The quantitative estimate of drug-likeness (QED) is 0.824. The molecule has 0 unspecified atom stereocenters. The molecular formula is C16H14N2O. The highest BCUT2D eigenvalue weighted by Gasteiger charge is 2.13. The van der Waals surface area contributed by atoms with Crippen LogP contribution in [0.2, 0.25) is 0 Å². The fraction of sp³-hybridized carbons (Fsp3) is 0.125. The van der Waals surface area contributed by atoms with E-state index in [0.717, 1.165) is 28.4 Å². The average Bonchev–Trinajstić information content (AvgIpc) is 2.98. The number of hydrogen-bond donors (Lipinski definition) is 0. The Morgan fingerprint density at radius 2 is 1.63 bits per heavy atom. The van der Waals surface area contributed by atoms with E-state index in [1.54, 1.807) is 7.11 Å². The first-order valence-electron chi connectivity index (χ1n) is 6.19. The molecule has 0 saturated carbocycles. The summed E-state index contributed by atoms with van der Waals surface area (Å²) in [5.74, 6) is 1.64. The molecular weight excluding hydrogens is 236 g/mol. The van der Waals surface area contributed by atoms with Gasteiger partial charge in [0, 0.05) is 5.56 Å². The molecule has 0 amide bonds. The summed E-state index contributed by atoms with van der Waals surface area (Å²) in [6.45, 7) is 0.644. The lowest BCUT2D eigenvalue weighted by atomic mass is 10.1.